The van der Waals surface area contributed by atoms with Gasteiger partial charge in [-0.2, -0.15) is 0 Å². The number of hydrogen-bond donors (Lipinski definition) is 2. The molecular weight excluding hydrogens is 296 g/mol. The molecule has 0 spiro atoms. The summed E-state index contributed by atoms with van der Waals surface area (Å²) in [6.07, 6.45) is 0.840. The molecule has 0 amide bonds. The first-order chi connectivity index (χ1) is 11.5. The largest absolute Gasteiger partial charge is 0.395 e. The summed E-state index contributed by atoms with van der Waals surface area (Å²) in [5.41, 5.74) is 3.40. The Hall–Kier alpha value is -1.71. The molecule has 3 heteroatoms. The van der Waals surface area contributed by atoms with Crippen molar-refractivity contribution in [2.75, 3.05) is 6.61 Å². The maximum Gasteiger partial charge on any atom is 0.0587 e. The summed E-state index contributed by atoms with van der Waals surface area (Å²) in [7, 11) is 0. The lowest BCUT2D eigenvalue weighted by Crippen LogP contribution is -2.41. The van der Waals surface area contributed by atoms with Gasteiger partial charge in [-0.15, -0.1) is 0 Å². The minimum Gasteiger partial charge on any atom is -0.395 e. The predicted molar refractivity (Wildman–Crippen MR) is 99.9 cm³/mol. The lowest BCUT2D eigenvalue weighted by Gasteiger charge is -2.29. The second-order valence-electron chi connectivity index (χ2n) is 7.14. The van der Waals surface area contributed by atoms with Crippen LogP contribution in [0, 0.1) is 11.8 Å². The van der Waals surface area contributed by atoms with Crippen LogP contribution in [0.25, 0.3) is 0 Å². The van der Waals surface area contributed by atoms with Crippen molar-refractivity contribution in [1.82, 2.24) is 10.3 Å². The molecule has 2 N–H and O–H groups in total. The van der Waals surface area contributed by atoms with Gasteiger partial charge in [-0.05, 0) is 29.5 Å². The highest BCUT2D eigenvalue weighted by atomic mass is 16.3. The van der Waals surface area contributed by atoms with Gasteiger partial charge in [-0.1, -0.05) is 64.1 Å². The quantitative estimate of drug-likeness (QED) is 0.771. The lowest BCUT2D eigenvalue weighted by molar-refractivity contribution is 0.187. The zero-order valence-electron chi connectivity index (χ0n) is 15.2. The molecule has 130 valence electrons. The SMILES string of the molecule is CC(C)[C@H](N[C@H](CO)C(C)C)c1cccc(Cc2ccccc2)n1. The van der Waals surface area contributed by atoms with Crippen LogP contribution in [0.3, 0.4) is 0 Å². The minimum absolute atomic E-state index is 0.0805. The summed E-state index contributed by atoms with van der Waals surface area (Å²) in [6.45, 7) is 8.79. The standard InChI is InChI=1S/C21H30N2O/c1-15(2)20(14-24)23-21(16(3)4)19-12-8-11-18(22-19)13-17-9-6-5-7-10-17/h5-12,15-16,20-21,23-24H,13-14H2,1-4H3/t20-,21+/m1/s1. The summed E-state index contributed by atoms with van der Waals surface area (Å²) in [6, 6.07) is 16.9. The van der Waals surface area contributed by atoms with Crippen molar-refractivity contribution in [3.05, 3.63) is 65.5 Å². The number of aliphatic hydroxyl groups excluding tert-OH is 1. The highest BCUT2D eigenvalue weighted by molar-refractivity contribution is 5.23. The number of pyridine rings is 1. The molecule has 2 rings (SSSR count). The maximum atomic E-state index is 9.64. The first-order valence-corrected chi connectivity index (χ1v) is 8.88. The number of aromatic nitrogens is 1. The van der Waals surface area contributed by atoms with Gasteiger partial charge >= 0.3 is 0 Å². The number of rotatable bonds is 8. The van der Waals surface area contributed by atoms with E-state index in [-0.39, 0.29) is 18.7 Å². The smallest absolute Gasteiger partial charge is 0.0587 e. The van der Waals surface area contributed by atoms with E-state index < -0.39 is 0 Å². The topological polar surface area (TPSA) is 45.1 Å². The Morgan fingerprint density at radius 3 is 2.21 bits per heavy atom. The van der Waals surface area contributed by atoms with Crippen LogP contribution in [0.2, 0.25) is 0 Å². The van der Waals surface area contributed by atoms with Crippen molar-refractivity contribution in [2.45, 2.75) is 46.2 Å². The van der Waals surface area contributed by atoms with Crippen LogP contribution in [-0.4, -0.2) is 22.7 Å². The Labute approximate surface area is 146 Å². The molecule has 0 aliphatic carbocycles. The fourth-order valence-electron chi connectivity index (χ4n) is 2.88. The van der Waals surface area contributed by atoms with Crippen molar-refractivity contribution < 1.29 is 5.11 Å². The van der Waals surface area contributed by atoms with Gasteiger partial charge in [0.1, 0.15) is 0 Å². The van der Waals surface area contributed by atoms with E-state index >= 15 is 0 Å². The Morgan fingerprint density at radius 2 is 1.62 bits per heavy atom. The third-order valence-electron chi connectivity index (χ3n) is 4.44. The van der Waals surface area contributed by atoms with Crippen LogP contribution in [0.1, 0.15) is 50.7 Å². The third kappa shape index (κ3) is 5.15. The van der Waals surface area contributed by atoms with Gasteiger partial charge in [0.05, 0.1) is 18.3 Å². The first-order valence-electron chi connectivity index (χ1n) is 8.88. The van der Waals surface area contributed by atoms with Crippen LogP contribution < -0.4 is 5.32 Å². The first kappa shape index (κ1) is 18.6. The van der Waals surface area contributed by atoms with Crippen molar-refractivity contribution >= 4 is 0 Å². The van der Waals surface area contributed by atoms with Crippen molar-refractivity contribution in [3.8, 4) is 0 Å². The fourth-order valence-corrected chi connectivity index (χ4v) is 2.88. The third-order valence-corrected chi connectivity index (χ3v) is 4.44. The Balaban J connectivity index is 2.19. The summed E-state index contributed by atoms with van der Waals surface area (Å²) < 4.78 is 0. The summed E-state index contributed by atoms with van der Waals surface area (Å²) >= 11 is 0. The molecule has 0 unspecified atom stereocenters. The molecule has 2 atom stereocenters. The van der Waals surface area contributed by atoms with Gasteiger partial charge in [0.2, 0.25) is 0 Å². The van der Waals surface area contributed by atoms with Gasteiger partial charge in [-0.25, -0.2) is 0 Å². The van der Waals surface area contributed by atoms with Crippen molar-refractivity contribution in [3.63, 3.8) is 0 Å². The molecule has 0 bridgehead atoms. The van der Waals surface area contributed by atoms with Gasteiger partial charge < -0.3 is 10.4 Å². The molecule has 24 heavy (non-hydrogen) atoms. The molecule has 0 aliphatic heterocycles. The van der Waals surface area contributed by atoms with Crippen LogP contribution in [-0.2, 0) is 6.42 Å². The normalized spacial score (nSPS) is 14.1. The van der Waals surface area contributed by atoms with E-state index in [4.69, 9.17) is 4.98 Å². The molecule has 0 saturated heterocycles. The molecule has 2 aromatic rings. The summed E-state index contributed by atoms with van der Waals surface area (Å²) in [4.78, 5) is 4.89. The van der Waals surface area contributed by atoms with E-state index in [0.29, 0.717) is 11.8 Å². The zero-order chi connectivity index (χ0) is 17.5. The molecule has 3 nitrogen and oxygen atoms in total. The molecule has 1 aromatic heterocycles. The van der Waals surface area contributed by atoms with E-state index in [9.17, 15) is 5.11 Å². The van der Waals surface area contributed by atoms with E-state index in [1.165, 1.54) is 5.56 Å². The number of aliphatic hydroxyl groups is 1. The van der Waals surface area contributed by atoms with E-state index in [2.05, 4.69) is 75.5 Å². The van der Waals surface area contributed by atoms with Crippen LogP contribution in [0.5, 0.6) is 0 Å². The molecule has 0 fully saturated rings. The Bertz CT molecular complexity index is 610. The monoisotopic (exact) mass is 326 g/mol. The summed E-state index contributed by atoms with van der Waals surface area (Å²) in [5, 5.41) is 13.2. The minimum atomic E-state index is 0.0805. The second kappa shape index (κ2) is 8.95. The van der Waals surface area contributed by atoms with Gasteiger partial charge in [0.25, 0.3) is 0 Å². The molecule has 1 aromatic carbocycles. The maximum absolute atomic E-state index is 9.64. The lowest BCUT2D eigenvalue weighted by atomic mass is 9.96. The van der Waals surface area contributed by atoms with Crippen molar-refractivity contribution in [1.29, 1.82) is 0 Å². The number of nitrogens with one attached hydrogen (secondary N) is 1. The van der Waals surface area contributed by atoms with Gasteiger partial charge in [0.15, 0.2) is 0 Å². The Morgan fingerprint density at radius 1 is 0.917 bits per heavy atom. The van der Waals surface area contributed by atoms with E-state index in [0.717, 1.165) is 17.8 Å². The number of hydrogen-bond acceptors (Lipinski definition) is 3. The predicted octanol–water partition coefficient (Wildman–Crippen LogP) is 3.98. The molecule has 0 radical (unpaired) electrons. The highest BCUT2D eigenvalue weighted by Crippen LogP contribution is 2.22. The van der Waals surface area contributed by atoms with Crippen LogP contribution in [0.15, 0.2) is 48.5 Å². The molecule has 0 saturated carbocycles. The van der Waals surface area contributed by atoms with Gasteiger partial charge in [-0.3, -0.25) is 4.98 Å². The molecular formula is C21H30N2O. The van der Waals surface area contributed by atoms with Crippen LogP contribution in [0.4, 0.5) is 0 Å². The van der Waals surface area contributed by atoms with Crippen molar-refractivity contribution in [2.24, 2.45) is 11.8 Å². The fraction of sp³-hybridized carbons (Fsp3) is 0.476. The molecule has 0 aliphatic rings. The molecule has 1 heterocycles. The highest BCUT2D eigenvalue weighted by Gasteiger charge is 2.22. The average Bonchev–Trinajstić information content (AvgIpc) is 2.56. The second-order valence-corrected chi connectivity index (χ2v) is 7.14. The number of benzene rings is 1. The summed E-state index contributed by atoms with van der Waals surface area (Å²) in [5.74, 6) is 0.779. The van der Waals surface area contributed by atoms with E-state index in [1.807, 2.05) is 6.07 Å². The van der Waals surface area contributed by atoms with Gasteiger partial charge in [0, 0.05) is 18.2 Å². The number of nitrogens with zero attached hydrogens (tertiary/aromatic N) is 1. The van der Waals surface area contributed by atoms with E-state index in [1.54, 1.807) is 0 Å². The van der Waals surface area contributed by atoms with Crippen LogP contribution >= 0.6 is 0 Å². The average molecular weight is 326 g/mol. The Kier molecular flexibility index (Phi) is 6.95. The zero-order valence-corrected chi connectivity index (χ0v) is 15.2.